The number of ether oxygens (including phenoxy) is 1. The van der Waals surface area contributed by atoms with E-state index in [1.165, 1.54) is 14.0 Å². The molecule has 1 aliphatic rings. The number of carbonyl (C=O) groups is 1. The van der Waals surface area contributed by atoms with Crippen LogP contribution in [0.25, 0.3) is 0 Å². The van der Waals surface area contributed by atoms with E-state index in [2.05, 4.69) is 10.1 Å². The highest BCUT2D eigenvalue weighted by atomic mass is 35.5. The molecule has 1 aliphatic heterocycles. The topological polar surface area (TPSA) is 56.5 Å². The molecular formula is C12H12ClF2N3O2. The Hall–Kier alpha value is -1.76. The van der Waals surface area contributed by atoms with Crippen molar-refractivity contribution in [1.29, 1.82) is 0 Å². The predicted molar refractivity (Wildman–Crippen MR) is 69.3 cm³/mol. The smallest absolute Gasteiger partial charge is 0.282 e. The number of hydrogen-bond donors (Lipinski definition) is 0. The number of aromatic nitrogens is 2. The standard InChI is InChI=1S/C12H12ClF2N3O2/c1-6(19)7-3-4-9(13)16-12(7)18-10(20-2)5-8(17-18)11(14)15/h4-5,7,11H,3H2,1-2H3. The van der Waals surface area contributed by atoms with Crippen LogP contribution in [0.15, 0.2) is 22.3 Å². The minimum atomic E-state index is -2.74. The molecule has 2 heterocycles. The van der Waals surface area contributed by atoms with Gasteiger partial charge in [-0.25, -0.2) is 13.8 Å². The van der Waals surface area contributed by atoms with Crippen LogP contribution in [0.5, 0.6) is 5.88 Å². The van der Waals surface area contributed by atoms with Crippen LogP contribution in [0.3, 0.4) is 0 Å². The van der Waals surface area contributed by atoms with Crippen molar-refractivity contribution in [1.82, 2.24) is 9.78 Å². The van der Waals surface area contributed by atoms with Gasteiger partial charge in [0.15, 0.2) is 0 Å². The quantitative estimate of drug-likeness (QED) is 0.807. The molecule has 1 unspecified atom stereocenters. The fourth-order valence-electron chi connectivity index (χ4n) is 1.89. The highest BCUT2D eigenvalue weighted by Gasteiger charge is 2.29. The van der Waals surface area contributed by atoms with Gasteiger partial charge in [-0.1, -0.05) is 11.6 Å². The zero-order valence-corrected chi connectivity index (χ0v) is 11.6. The summed E-state index contributed by atoms with van der Waals surface area (Å²) in [6.45, 7) is 1.40. The molecule has 20 heavy (non-hydrogen) atoms. The SMILES string of the molecule is COc1cc(C(F)F)nn1C1=NC(Cl)=CCC1C(C)=O. The number of hydrogen-bond acceptors (Lipinski definition) is 4. The molecule has 8 heteroatoms. The minimum Gasteiger partial charge on any atom is -0.481 e. The second-order valence-electron chi connectivity index (χ2n) is 4.22. The first-order valence-electron chi connectivity index (χ1n) is 5.81. The summed E-state index contributed by atoms with van der Waals surface area (Å²) in [6, 6.07) is 1.11. The van der Waals surface area contributed by atoms with Crippen LogP contribution in [-0.4, -0.2) is 28.5 Å². The van der Waals surface area contributed by atoms with Crippen LogP contribution in [0.4, 0.5) is 8.78 Å². The molecule has 2 rings (SSSR count). The highest BCUT2D eigenvalue weighted by molar-refractivity contribution is 6.30. The second-order valence-corrected chi connectivity index (χ2v) is 4.61. The summed E-state index contributed by atoms with van der Waals surface area (Å²) in [5, 5.41) is 3.93. The molecule has 0 aromatic carbocycles. The van der Waals surface area contributed by atoms with E-state index in [0.29, 0.717) is 6.42 Å². The van der Waals surface area contributed by atoms with Crippen molar-refractivity contribution < 1.29 is 18.3 Å². The van der Waals surface area contributed by atoms with E-state index in [1.54, 1.807) is 6.08 Å². The molecule has 5 nitrogen and oxygen atoms in total. The molecule has 0 saturated heterocycles. The van der Waals surface area contributed by atoms with Gasteiger partial charge in [-0.15, -0.1) is 0 Å². The third kappa shape index (κ3) is 2.72. The molecule has 0 spiro atoms. The van der Waals surface area contributed by atoms with E-state index in [9.17, 15) is 13.6 Å². The number of alkyl halides is 2. The van der Waals surface area contributed by atoms with Gasteiger partial charge in [0.2, 0.25) is 5.88 Å². The van der Waals surface area contributed by atoms with E-state index < -0.39 is 18.0 Å². The Kier molecular flexibility index (Phi) is 4.17. The number of rotatable bonds is 3. The van der Waals surface area contributed by atoms with Gasteiger partial charge < -0.3 is 4.74 Å². The Morgan fingerprint density at radius 2 is 2.30 bits per heavy atom. The first kappa shape index (κ1) is 14.6. The molecule has 0 saturated carbocycles. The van der Waals surface area contributed by atoms with Gasteiger partial charge >= 0.3 is 0 Å². The Morgan fingerprint density at radius 1 is 1.60 bits per heavy atom. The summed E-state index contributed by atoms with van der Waals surface area (Å²) >= 11 is 5.83. The Bertz CT molecular complexity index is 596. The Morgan fingerprint density at radius 3 is 2.85 bits per heavy atom. The van der Waals surface area contributed by atoms with E-state index in [-0.39, 0.29) is 22.7 Å². The summed E-state index contributed by atoms with van der Waals surface area (Å²) in [5.41, 5.74) is -0.447. The number of halogens is 3. The van der Waals surface area contributed by atoms with Gasteiger partial charge in [-0.05, 0) is 19.4 Å². The van der Waals surface area contributed by atoms with Crippen LogP contribution < -0.4 is 4.74 Å². The average Bonchev–Trinajstić information content (AvgIpc) is 2.82. The van der Waals surface area contributed by atoms with Crippen LogP contribution >= 0.6 is 11.6 Å². The Balaban J connectivity index is 2.52. The van der Waals surface area contributed by atoms with E-state index in [4.69, 9.17) is 16.3 Å². The third-order valence-corrected chi connectivity index (χ3v) is 3.13. The van der Waals surface area contributed by atoms with Gasteiger partial charge in [-0.2, -0.15) is 9.78 Å². The molecule has 0 bridgehead atoms. The number of Topliss-reactive ketones (excluding diaryl/α,β-unsaturated/α-hetero) is 1. The fraction of sp³-hybridized carbons (Fsp3) is 0.417. The molecule has 0 N–H and O–H groups in total. The number of ketones is 1. The molecule has 0 radical (unpaired) electrons. The maximum absolute atomic E-state index is 12.7. The lowest BCUT2D eigenvalue weighted by Gasteiger charge is -2.19. The molecular weight excluding hydrogens is 292 g/mol. The zero-order valence-electron chi connectivity index (χ0n) is 10.8. The van der Waals surface area contributed by atoms with Gasteiger partial charge in [0.25, 0.3) is 6.43 Å². The minimum absolute atomic E-state index is 0.0802. The van der Waals surface area contributed by atoms with Gasteiger partial charge in [0.1, 0.15) is 22.5 Å². The largest absolute Gasteiger partial charge is 0.481 e. The van der Waals surface area contributed by atoms with Crippen molar-refractivity contribution in [3.63, 3.8) is 0 Å². The van der Waals surface area contributed by atoms with Gasteiger partial charge in [0.05, 0.1) is 13.0 Å². The predicted octanol–water partition coefficient (Wildman–Crippen LogP) is 2.77. The van der Waals surface area contributed by atoms with Crippen LogP contribution in [0.1, 0.15) is 25.5 Å². The van der Waals surface area contributed by atoms with Crippen molar-refractivity contribution in [3.05, 3.63) is 23.0 Å². The lowest BCUT2D eigenvalue weighted by Crippen LogP contribution is -2.31. The van der Waals surface area contributed by atoms with Crippen LogP contribution in [0, 0.1) is 5.92 Å². The number of nitrogens with zero attached hydrogens (tertiary/aromatic N) is 3. The molecule has 1 atom stereocenters. The maximum Gasteiger partial charge on any atom is 0.282 e. The van der Waals surface area contributed by atoms with Gasteiger partial charge in [-0.3, -0.25) is 4.79 Å². The highest BCUT2D eigenvalue weighted by Crippen LogP contribution is 2.27. The summed E-state index contributed by atoms with van der Waals surface area (Å²) in [4.78, 5) is 15.7. The lowest BCUT2D eigenvalue weighted by molar-refractivity contribution is -0.118. The number of aliphatic imine (C=N–C) groups is 1. The summed E-state index contributed by atoms with van der Waals surface area (Å²) in [5.74, 6) is -0.470. The van der Waals surface area contributed by atoms with E-state index >= 15 is 0 Å². The zero-order chi connectivity index (χ0) is 14.9. The third-order valence-electron chi connectivity index (χ3n) is 2.89. The van der Waals surface area contributed by atoms with Crippen molar-refractivity contribution in [2.45, 2.75) is 19.8 Å². The lowest BCUT2D eigenvalue weighted by atomic mass is 9.98. The number of carbonyl (C=O) groups excluding carboxylic acids is 1. The monoisotopic (exact) mass is 303 g/mol. The normalized spacial score (nSPS) is 18.8. The first-order chi connectivity index (χ1) is 9.43. The molecule has 108 valence electrons. The number of allylic oxidation sites excluding steroid dienone is 1. The number of methoxy groups -OCH3 is 1. The van der Waals surface area contributed by atoms with Crippen molar-refractivity contribution in [2.24, 2.45) is 10.9 Å². The first-order valence-corrected chi connectivity index (χ1v) is 6.19. The second kappa shape index (κ2) is 5.70. The van der Waals surface area contributed by atoms with Crippen molar-refractivity contribution >= 4 is 23.2 Å². The van der Waals surface area contributed by atoms with Crippen LogP contribution in [-0.2, 0) is 4.79 Å². The maximum atomic E-state index is 12.7. The molecule has 0 amide bonds. The molecule has 0 fully saturated rings. The molecule has 1 aromatic heterocycles. The summed E-state index contributed by atoms with van der Waals surface area (Å²) in [6.07, 6.45) is -0.794. The summed E-state index contributed by atoms with van der Waals surface area (Å²) in [7, 11) is 1.33. The van der Waals surface area contributed by atoms with Crippen molar-refractivity contribution in [3.8, 4) is 5.88 Å². The van der Waals surface area contributed by atoms with Crippen molar-refractivity contribution in [2.75, 3.05) is 7.11 Å². The van der Waals surface area contributed by atoms with E-state index in [0.717, 1.165) is 10.7 Å². The fourth-order valence-corrected chi connectivity index (χ4v) is 2.07. The average molecular weight is 304 g/mol. The Labute approximate surface area is 118 Å². The van der Waals surface area contributed by atoms with E-state index in [1.807, 2.05) is 0 Å². The van der Waals surface area contributed by atoms with Gasteiger partial charge in [0, 0.05) is 6.07 Å². The van der Waals surface area contributed by atoms with Crippen LogP contribution in [0.2, 0.25) is 0 Å². The summed E-state index contributed by atoms with van der Waals surface area (Å²) < 4.78 is 31.5. The molecule has 0 aliphatic carbocycles. The molecule has 1 aromatic rings.